The molecule has 28 heavy (non-hydrogen) atoms. The standard InChI is InChI=1S/C19H19Cl2N5OS/c1-2-16(17(27)23-13-8-9-14(20)15(21)10-13)26-18(22)24-25-19(26)28-11-12-6-4-3-5-7-12/h3-10,16H,2,11H2,1H3,(H2,22,24)(H,23,27). The number of hydrogen-bond donors (Lipinski definition) is 2. The van der Waals surface area contributed by atoms with Gasteiger partial charge in [0.1, 0.15) is 6.04 Å². The largest absolute Gasteiger partial charge is 0.368 e. The van der Waals surface area contributed by atoms with Crippen molar-refractivity contribution in [3.63, 3.8) is 0 Å². The van der Waals surface area contributed by atoms with E-state index in [0.29, 0.717) is 33.1 Å². The van der Waals surface area contributed by atoms with E-state index in [-0.39, 0.29) is 11.9 Å². The van der Waals surface area contributed by atoms with Crippen LogP contribution >= 0.6 is 35.0 Å². The number of aromatic nitrogens is 3. The van der Waals surface area contributed by atoms with Crippen molar-refractivity contribution in [2.24, 2.45) is 0 Å². The summed E-state index contributed by atoms with van der Waals surface area (Å²) in [5.74, 6) is 0.671. The Balaban J connectivity index is 1.78. The number of nitrogens with zero attached hydrogens (tertiary/aromatic N) is 3. The van der Waals surface area contributed by atoms with E-state index in [4.69, 9.17) is 28.9 Å². The van der Waals surface area contributed by atoms with Crippen molar-refractivity contribution < 1.29 is 4.79 Å². The molecule has 0 aliphatic rings. The van der Waals surface area contributed by atoms with Crippen LogP contribution in [-0.2, 0) is 10.5 Å². The molecular formula is C19H19Cl2N5OS. The number of amides is 1. The molecule has 0 spiro atoms. The van der Waals surface area contributed by atoms with Gasteiger partial charge in [0.25, 0.3) is 0 Å². The predicted octanol–water partition coefficient (Wildman–Crippen LogP) is 5.05. The van der Waals surface area contributed by atoms with E-state index in [9.17, 15) is 4.79 Å². The van der Waals surface area contributed by atoms with Crippen LogP contribution in [-0.4, -0.2) is 20.7 Å². The number of nitrogens with one attached hydrogen (secondary N) is 1. The molecule has 1 aromatic heterocycles. The van der Waals surface area contributed by atoms with Crippen LogP contribution in [0.5, 0.6) is 0 Å². The fourth-order valence-electron chi connectivity index (χ4n) is 2.69. The van der Waals surface area contributed by atoms with Crippen LogP contribution in [0.2, 0.25) is 10.0 Å². The van der Waals surface area contributed by atoms with Gasteiger partial charge in [0.2, 0.25) is 11.9 Å². The highest BCUT2D eigenvalue weighted by Gasteiger charge is 2.25. The summed E-state index contributed by atoms with van der Waals surface area (Å²) in [5.41, 5.74) is 7.72. The molecule has 1 amide bonds. The number of hydrogen-bond acceptors (Lipinski definition) is 5. The van der Waals surface area contributed by atoms with E-state index < -0.39 is 6.04 Å². The Morgan fingerprint density at radius 2 is 1.93 bits per heavy atom. The number of thioether (sulfide) groups is 1. The molecule has 1 heterocycles. The van der Waals surface area contributed by atoms with Crippen LogP contribution in [0.1, 0.15) is 24.9 Å². The van der Waals surface area contributed by atoms with Crippen molar-refractivity contribution in [1.82, 2.24) is 14.8 Å². The lowest BCUT2D eigenvalue weighted by Crippen LogP contribution is -2.27. The molecule has 1 atom stereocenters. The maximum Gasteiger partial charge on any atom is 0.247 e. The molecule has 2 aromatic carbocycles. The first-order chi connectivity index (χ1) is 13.5. The summed E-state index contributed by atoms with van der Waals surface area (Å²) in [6.07, 6.45) is 0.522. The SMILES string of the molecule is CCC(C(=O)Nc1ccc(Cl)c(Cl)c1)n1c(N)nnc1SCc1ccccc1. The van der Waals surface area contributed by atoms with Crippen molar-refractivity contribution in [3.8, 4) is 0 Å². The minimum absolute atomic E-state index is 0.201. The summed E-state index contributed by atoms with van der Waals surface area (Å²) in [5, 5.41) is 12.4. The zero-order valence-corrected chi connectivity index (χ0v) is 17.4. The predicted molar refractivity (Wildman–Crippen MR) is 115 cm³/mol. The smallest absolute Gasteiger partial charge is 0.247 e. The van der Waals surface area contributed by atoms with Gasteiger partial charge in [-0.3, -0.25) is 9.36 Å². The monoisotopic (exact) mass is 435 g/mol. The van der Waals surface area contributed by atoms with Crippen molar-refractivity contribution in [2.75, 3.05) is 11.1 Å². The lowest BCUT2D eigenvalue weighted by atomic mass is 10.2. The second-order valence-electron chi connectivity index (χ2n) is 6.03. The van der Waals surface area contributed by atoms with Crippen LogP contribution in [0.4, 0.5) is 11.6 Å². The summed E-state index contributed by atoms with van der Waals surface area (Å²) >= 11 is 13.4. The first-order valence-electron chi connectivity index (χ1n) is 8.62. The maximum atomic E-state index is 12.9. The second kappa shape index (κ2) is 9.32. The third-order valence-corrected chi connectivity index (χ3v) is 5.84. The van der Waals surface area contributed by atoms with E-state index in [1.165, 1.54) is 11.8 Å². The Kier molecular flexibility index (Phi) is 6.83. The van der Waals surface area contributed by atoms with Crippen molar-refractivity contribution in [3.05, 3.63) is 64.1 Å². The van der Waals surface area contributed by atoms with Gasteiger partial charge in [0.15, 0.2) is 5.16 Å². The van der Waals surface area contributed by atoms with Crippen LogP contribution in [0, 0.1) is 0 Å². The van der Waals surface area contributed by atoms with Crippen LogP contribution in [0.3, 0.4) is 0 Å². The zero-order valence-electron chi connectivity index (χ0n) is 15.1. The van der Waals surface area contributed by atoms with Gasteiger partial charge in [-0.05, 0) is 30.2 Å². The summed E-state index contributed by atoms with van der Waals surface area (Å²) in [4.78, 5) is 12.9. The summed E-state index contributed by atoms with van der Waals surface area (Å²) < 4.78 is 1.67. The van der Waals surface area contributed by atoms with E-state index in [2.05, 4.69) is 15.5 Å². The number of carbonyl (C=O) groups excluding carboxylic acids is 1. The molecule has 0 radical (unpaired) electrons. The minimum atomic E-state index is -0.553. The third kappa shape index (κ3) is 4.79. The van der Waals surface area contributed by atoms with Gasteiger partial charge in [0, 0.05) is 11.4 Å². The molecule has 0 saturated carbocycles. The van der Waals surface area contributed by atoms with Gasteiger partial charge >= 0.3 is 0 Å². The highest BCUT2D eigenvalue weighted by Crippen LogP contribution is 2.29. The summed E-state index contributed by atoms with van der Waals surface area (Å²) in [6, 6.07) is 14.4. The summed E-state index contributed by atoms with van der Waals surface area (Å²) in [7, 11) is 0. The molecule has 3 rings (SSSR count). The average molecular weight is 436 g/mol. The zero-order chi connectivity index (χ0) is 20.1. The van der Waals surface area contributed by atoms with Gasteiger partial charge in [-0.15, -0.1) is 10.2 Å². The molecule has 9 heteroatoms. The van der Waals surface area contributed by atoms with Gasteiger partial charge in [0.05, 0.1) is 10.0 Å². The van der Waals surface area contributed by atoms with Crippen molar-refractivity contribution in [2.45, 2.75) is 30.3 Å². The molecule has 0 saturated heterocycles. The number of halogens is 2. The summed E-state index contributed by atoms with van der Waals surface area (Å²) in [6.45, 7) is 1.91. The molecule has 3 N–H and O–H groups in total. The quantitative estimate of drug-likeness (QED) is 0.507. The van der Waals surface area contributed by atoms with E-state index in [1.807, 2.05) is 37.3 Å². The minimum Gasteiger partial charge on any atom is -0.368 e. The molecule has 3 aromatic rings. The molecule has 6 nitrogen and oxygen atoms in total. The van der Waals surface area contributed by atoms with E-state index in [1.54, 1.807) is 22.8 Å². The maximum absolute atomic E-state index is 12.9. The first kappa shape index (κ1) is 20.5. The molecule has 0 aliphatic heterocycles. The number of anilines is 2. The van der Waals surface area contributed by atoms with Gasteiger partial charge in [-0.2, -0.15) is 0 Å². The van der Waals surface area contributed by atoms with Crippen molar-refractivity contribution >= 4 is 52.5 Å². The molecule has 0 bridgehead atoms. The van der Waals surface area contributed by atoms with Gasteiger partial charge in [-0.1, -0.05) is 72.2 Å². The third-order valence-electron chi connectivity index (χ3n) is 4.09. The molecule has 1 unspecified atom stereocenters. The van der Waals surface area contributed by atoms with Crippen molar-refractivity contribution in [1.29, 1.82) is 0 Å². The van der Waals surface area contributed by atoms with Gasteiger partial charge < -0.3 is 11.1 Å². The Bertz CT molecular complexity index is 964. The lowest BCUT2D eigenvalue weighted by Gasteiger charge is -2.19. The number of benzene rings is 2. The highest BCUT2D eigenvalue weighted by molar-refractivity contribution is 7.98. The van der Waals surface area contributed by atoms with Crippen LogP contribution in [0.25, 0.3) is 0 Å². The lowest BCUT2D eigenvalue weighted by molar-refractivity contribution is -0.119. The number of carbonyl (C=O) groups is 1. The van der Waals surface area contributed by atoms with E-state index in [0.717, 1.165) is 5.56 Å². The Labute approximate surface area is 177 Å². The molecular weight excluding hydrogens is 417 g/mol. The molecule has 0 fully saturated rings. The Morgan fingerprint density at radius 1 is 1.18 bits per heavy atom. The fraction of sp³-hybridized carbons (Fsp3) is 0.211. The number of rotatable bonds is 7. The van der Waals surface area contributed by atoms with Crippen LogP contribution < -0.4 is 11.1 Å². The average Bonchev–Trinajstić information content (AvgIpc) is 3.05. The molecule has 146 valence electrons. The van der Waals surface area contributed by atoms with Crippen LogP contribution in [0.15, 0.2) is 53.7 Å². The fourth-order valence-corrected chi connectivity index (χ4v) is 3.93. The normalized spacial score (nSPS) is 12.0. The van der Waals surface area contributed by atoms with E-state index >= 15 is 0 Å². The first-order valence-corrected chi connectivity index (χ1v) is 10.4. The van der Waals surface area contributed by atoms with Gasteiger partial charge in [-0.25, -0.2) is 0 Å². The highest BCUT2D eigenvalue weighted by atomic mass is 35.5. The number of nitrogens with two attached hydrogens (primary N) is 1. The Morgan fingerprint density at radius 3 is 2.61 bits per heavy atom. The number of nitrogen functional groups attached to an aromatic ring is 1. The topological polar surface area (TPSA) is 85.8 Å². The molecule has 0 aliphatic carbocycles. The second-order valence-corrected chi connectivity index (χ2v) is 7.78. The Hall–Kier alpha value is -2.22.